The number of hydrogen-bond donors (Lipinski definition) is 1. The van der Waals surface area contributed by atoms with Crippen molar-refractivity contribution in [3.8, 4) is 17.0 Å². The molecule has 0 spiro atoms. The third kappa shape index (κ3) is 4.25. The minimum absolute atomic E-state index is 0.0262. The second-order valence-electron chi connectivity index (χ2n) is 9.43. The van der Waals surface area contributed by atoms with Crippen LogP contribution in [0.5, 0.6) is 5.75 Å². The van der Waals surface area contributed by atoms with Crippen molar-refractivity contribution >= 4 is 33.1 Å². The molecule has 0 bridgehead atoms. The minimum Gasteiger partial charge on any atom is -0.504 e. The summed E-state index contributed by atoms with van der Waals surface area (Å²) in [6, 6.07) is 12.7. The van der Waals surface area contributed by atoms with Crippen LogP contribution >= 0.6 is 0 Å². The van der Waals surface area contributed by atoms with Crippen LogP contribution in [-0.2, 0) is 6.18 Å². The molecular weight excluding hydrogens is 421 g/mol. The van der Waals surface area contributed by atoms with Gasteiger partial charge in [-0.25, -0.2) is 4.98 Å². The van der Waals surface area contributed by atoms with Crippen LogP contribution < -0.4 is 4.23 Å². The Kier molecular flexibility index (Phi) is 5.53. The normalized spacial score (nSPS) is 13.0. The van der Waals surface area contributed by atoms with Crippen LogP contribution in [-0.4, -0.2) is 26.6 Å². The molecule has 0 aliphatic heterocycles. The lowest BCUT2D eigenvalue weighted by Crippen LogP contribution is -2.59. The SMILES string of the molecule is C[Si](C)(C)N(c1c(O)c(-c2ccccc2)nc2cc(C(F)(F)F)ccc12)[Si](C)(C)C. The zero-order valence-electron chi connectivity index (χ0n) is 18.1. The Bertz CT molecular complexity index is 1060. The third-order valence-electron chi connectivity index (χ3n) is 4.87. The molecule has 0 unspecified atom stereocenters. The van der Waals surface area contributed by atoms with E-state index in [9.17, 15) is 18.3 Å². The van der Waals surface area contributed by atoms with E-state index >= 15 is 0 Å². The van der Waals surface area contributed by atoms with Crippen LogP contribution in [0.3, 0.4) is 0 Å². The highest BCUT2D eigenvalue weighted by Gasteiger charge is 2.38. The summed E-state index contributed by atoms with van der Waals surface area (Å²) in [6.45, 7) is 13.1. The summed E-state index contributed by atoms with van der Waals surface area (Å²) in [7, 11) is -4.00. The maximum atomic E-state index is 13.4. The zero-order chi connectivity index (χ0) is 22.5. The highest BCUT2D eigenvalue weighted by molar-refractivity contribution is 6.99. The number of anilines is 1. The highest BCUT2D eigenvalue weighted by atomic mass is 28.4. The van der Waals surface area contributed by atoms with E-state index in [4.69, 9.17) is 0 Å². The molecule has 0 fully saturated rings. The van der Waals surface area contributed by atoms with Crippen molar-refractivity contribution in [2.24, 2.45) is 0 Å². The van der Waals surface area contributed by atoms with Crippen molar-refractivity contribution in [3.63, 3.8) is 0 Å². The predicted octanol–water partition coefficient (Wildman–Crippen LogP) is 7.10. The predicted molar refractivity (Wildman–Crippen MR) is 123 cm³/mol. The number of benzene rings is 2. The lowest BCUT2D eigenvalue weighted by molar-refractivity contribution is -0.137. The van der Waals surface area contributed by atoms with Crippen molar-refractivity contribution in [1.29, 1.82) is 0 Å². The zero-order valence-corrected chi connectivity index (χ0v) is 20.1. The molecule has 3 aromatic rings. The van der Waals surface area contributed by atoms with E-state index < -0.39 is 28.2 Å². The number of pyridine rings is 1. The van der Waals surface area contributed by atoms with Gasteiger partial charge in [-0.3, -0.25) is 0 Å². The summed E-state index contributed by atoms with van der Waals surface area (Å²) in [4.78, 5) is 4.48. The molecule has 0 saturated heterocycles. The number of aromatic nitrogens is 1. The lowest BCUT2D eigenvalue weighted by atomic mass is 10.0. The third-order valence-corrected chi connectivity index (χ3v) is 12.0. The summed E-state index contributed by atoms with van der Waals surface area (Å²) in [6.07, 6.45) is -4.46. The quantitative estimate of drug-likeness (QED) is 0.432. The molecule has 3 rings (SSSR count). The number of fused-ring (bicyclic) bond motifs is 1. The van der Waals surface area contributed by atoms with Gasteiger partial charge in [0, 0.05) is 10.9 Å². The van der Waals surface area contributed by atoms with Gasteiger partial charge in [0.1, 0.15) is 22.2 Å². The number of rotatable bonds is 4. The van der Waals surface area contributed by atoms with Gasteiger partial charge in [0.15, 0.2) is 5.75 Å². The van der Waals surface area contributed by atoms with E-state index in [-0.39, 0.29) is 11.3 Å². The molecule has 1 N–H and O–H groups in total. The van der Waals surface area contributed by atoms with Crippen molar-refractivity contribution < 1.29 is 18.3 Å². The second kappa shape index (κ2) is 7.42. The minimum atomic E-state index is -4.46. The maximum absolute atomic E-state index is 13.4. The smallest absolute Gasteiger partial charge is 0.416 e. The molecule has 1 heterocycles. The summed E-state index contributed by atoms with van der Waals surface area (Å²) < 4.78 is 42.5. The number of halogens is 3. The van der Waals surface area contributed by atoms with Crippen molar-refractivity contribution in [1.82, 2.24) is 4.98 Å². The van der Waals surface area contributed by atoms with Crippen molar-refractivity contribution in [3.05, 3.63) is 54.1 Å². The van der Waals surface area contributed by atoms with E-state index in [1.807, 2.05) is 18.2 Å². The Morgan fingerprint density at radius 3 is 1.93 bits per heavy atom. The Morgan fingerprint density at radius 1 is 0.867 bits per heavy atom. The Morgan fingerprint density at radius 2 is 1.43 bits per heavy atom. The number of hydrogen-bond acceptors (Lipinski definition) is 3. The fraction of sp³-hybridized carbons (Fsp3) is 0.318. The van der Waals surface area contributed by atoms with E-state index in [2.05, 4.69) is 48.5 Å². The van der Waals surface area contributed by atoms with Gasteiger partial charge in [-0.05, 0) is 12.1 Å². The molecule has 1 aromatic heterocycles. The Labute approximate surface area is 177 Å². The number of alkyl halides is 3. The second-order valence-corrected chi connectivity index (χ2v) is 19.5. The topological polar surface area (TPSA) is 36.4 Å². The van der Waals surface area contributed by atoms with Gasteiger partial charge in [0.2, 0.25) is 0 Å². The monoisotopic (exact) mass is 448 g/mol. The van der Waals surface area contributed by atoms with Gasteiger partial charge in [-0.1, -0.05) is 75.7 Å². The van der Waals surface area contributed by atoms with Gasteiger partial charge in [-0.15, -0.1) is 0 Å². The highest BCUT2D eigenvalue weighted by Crippen LogP contribution is 2.46. The van der Waals surface area contributed by atoms with Crippen LogP contribution in [0.25, 0.3) is 22.2 Å². The molecule has 0 aliphatic rings. The lowest BCUT2D eigenvalue weighted by Gasteiger charge is -2.46. The first-order valence-corrected chi connectivity index (χ1v) is 16.7. The largest absolute Gasteiger partial charge is 0.504 e. The summed E-state index contributed by atoms with van der Waals surface area (Å²) in [5, 5.41) is 11.9. The van der Waals surface area contributed by atoms with Crippen LogP contribution in [0.1, 0.15) is 5.56 Å². The molecule has 0 radical (unpaired) electrons. The Balaban J connectivity index is 2.46. The summed E-state index contributed by atoms with van der Waals surface area (Å²) in [5.41, 5.74) is 1.06. The van der Waals surface area contributed by atoms with Crippen LogP contribution in [0.15, 0.2) is 48.5 Å². The first-order valence-electron chi connectivity index (χ1n) is 9.81. The van der Waals surface area contributed by atoms with Gasteiger partial charge in [-0.2, -0.15) is 13.2 Å². The first kappa shape index (κ1) is 22.4. The van der Waals surface area contributed by atoms with E-state index in [1.165, 1.54) is 6.07 Å². The molecular formula is C22H27F3N2OSi2. The summed E-state index contributed by atoms with van der Waals surface area (Å²) in [5.74, 6) is 0.0262. The molecule has 0 amide bonds. The number of nitrogens with zero attached hydrogens (tertiary/aromatic N) is 2. The molecule has 30 heavy (non-hydrogen) atoms. The fourth-order valence-electron chi connectivity index (χ4n) is 4.11. The van der Waals surface area contributed by atoms with Crippen LogP contribution in [0.2, 0.25) is 39.3 Å². The molecule has 0 atom stereocenters. The molecule has 0 saturated carbocycles. The molecule has 2 aromatic carbocycles. The average Bonchev–Trinajstić information content (AvgIpc) is 2.61. The molecule has 3 nitrogen and oxygen atoms in total. The standard InChI is InChI=1S/C22H27F3N2OSi2/c1-29(2,3)27(30(4,5)6)20-17-13-12-16(22(23,24)25)14-18(17)26-19(21(20)28)15-10-8-7-9-11-15/h7-14,28H,1-6H3. The van der Waals surface area contributed by atoms with Gasteiger partial charge >= 0.3 is 6.18 Å². The maximum Gasteiger partial charge on any atom is 0.416 e. The van der Waals surface area contributed by atoms with E-state index in [0.717, 1.165) is 12.1 Å². The summed E-state index contributed by atoms with van der Waals surface area (Å²) >= 11 is 0. The van der Waals surface area contributed by atoms with E-state index in [0.29, 0.717) is 22.3 Å². The average molecular weight is 449 g/mol. The fourth-order valence-corrected chi connectivity index (χ4v) is 14.0. The first-order chi connectivity index (χ1) is 13.7. The van der Waals surface area contributed by atoms with Gasteiger partial charge in [0.05, 0.1) is 16.8 Å². The number of aromatic hydroxyl groups is 1. The van der Waals surface area contributed by atoms with Gasteiger partial charge < -0.3 is 9.34 Å². The van der Waals surface area contributed by atoms with Crippen molar-refractivity contribution in [2.45, 2.75) is 45.5 Å². The van der Waals surface area contributed by atoms with Gasteiger partial charge in [0.25, 0.3) is 0 Å². The van der Waals surface area contributed by atoms with Crippen LogP contribution in [0.4, 0.5) is 18.9 Å². The Hall–Kier alpha value is -2.33. The van der Waals surface area contributed by atoms with E-state index in [1.54, 1.807) is 12.1 Å². The van der Waals surface area contributed by atoms with Crippen LogP contribution in [0, 0.1) is 0 Å². The van der Waals surface area contributed by atoms with Crippen molar-refractivity contribution in [2.75, 3.05) is 4.23 Å². The molecule has 160 valence electrons. The molecule has 8 heteroatoms. The molecule has 0 aliphatic carbocycles.